The minimum atomic E-state index is -0.190. The molecule has 2 atom stereocenters. The van der Waals surface area contributed by atoms with Crippen molar-refractivity contribution in [2.75, 3.05) is 13.7 Å². The summed E-state index contributed by atoms with van der Waals surface area (Å²) in [5.74, 6) is 0.979. The quantitative estimate of drug-likeness (QED) is 0.260. The summed E-state index contributed by atoms with van der Waals surface area (Å²) in [6.45, 7) is -0.135. The maximum atomic E-state index is 13.4. The second-order valence-corrected chi connectivity index (χ2v) is 10.8. The summed E-state index contributed by atoms with van der Waals surface area (Å²) in [6, 6.07) is 24.8. The molecule has 7 nitrogen and oxygen atoms in total. The Morgan fingerprint density at radius 2 is 1.87 bits per heavy atom. The van der Waals surface area contributed by atoms with E-state index < -0.39 is 0 Å². The van der Waals surface area contributed by atoms with Gasteiger partial charge in [-0.05, 0) is 47.9 Å². The van der Waals surface area contributed by atoms with Crippen LogP contribution in [0.25, 0.3) is 26.3 Å². The summed E-state index contributed by atoms with van der Waals surface area (Å²) in [5, 5.41) is 3.68. The largest absolute Gasteiger partial charge is 0.493 e. The average Bonchev–Trinajstić information content (AvgIpc) is 3.58. The van der Waals surface area contributed by atoms with Gasteiger partial charge in [0.05, 0.1) is 18.3 Å². The van der Waals surface area contributed by atoms with Gasteiger partial charge < -0.3 is 14.8 Å². The number of fused-ring (bicyclic) bond motifs is 1. The Hall–Kier alpha value is -4.14. The van der Waals surface area contributed by atoms with Gasteiger partial charge in [0.1, 0.15) is 11.0 Å². The number of carbonyl (C=O) groups is 1. The molecule has 196 valence electrons. The molecule has 9 heteroatoms. The van der Waals surface area contributed by atoms with E-state index in [-0.39, 0.29) is 24.1 Å². The lowest BCUT2D eigenvalue weighted by atomic mass is 10.1. The van der Waals surface area contributed by atoms with Gasteiger partial charge in [0.15, 0.2) is 18.1 Å². The molecule has 2 aromatic heterocycles. The highest BCUT2D eigenvalue weighted by Crippen LogP contribution is 2.40. The normalized spacial score (nSPS) is 16.2. The fourth-order valence-electron chi connectivity index (χ4n) is 4.59. The molecular formula is C30H24ClN3O4S. The van der Waals surface area contributed by atoms with Gasteiger partial charge in [-0.2, -0.15) is 0 Å². The lowest BCUT2D eigenvalue weighted by Gasteiger charge is -2.13. The number of hydrogen-bond acceptors (Lipinski definition) is 6. The van der Waals surface area contributed by atoms with E-state index >= 15 is 0 Å². The van der Waals surface area contributed by atoms with Gasteiger partial charge in [-0.3, -0.25) is 14.2 Å². The van der Waals surface area contributed by atoms with Crippen molar-refractivity contribution < 1.29 is 14.3 Å². The maximum absolute atomic E-state index is 13.4. The highest BCUT2D eigenvalue weighted by atomic mass is 35.5. The number of hydrogen-bond donors (Lipinski definition) is 1. The minimum Gasteiger partial charge on any atom is -0.493 e. The molecule has 0 aliphatic heterocycles. The molecule has 3 aromatic carbocycles. The molecule has 1 amide bonds. The standard InChI is InChI=1S/C30H24ClN3O4S/c1-37-26-13-21(11-12-25(26)38-16-28(35)33-23-14-22(23)18-5-3-2-4-6-18)34-17-32-24-15-27(39-29(24)30(34)36)19-7-9-20(31)10-8-19/h2-13,15,17,22-23H,14,16H2,1H3,(H,33,35). The summed E-state index contributed by atoms with van der Waals surface area (Å²) in [4.78, 5) is 31.3. The number of nitrogens with one attached hydrogen (secondary N) is 1. The third kappa shape index (κ3) is 5.26. The number of ether oxygens (including phenoxy) is 2. The predicted molar refractivity (Wildman–Crippen MR) is 153 cm³/mol. The maximum Gasteiger partial charge on any atom is 0.275 e. The van der Waals surface area contributed by atoms with Crippen LogP contribution in [0.15, 0.2) is 90.0 Å². The van der Waals surface area contributed by atoms with Crippen LogP contribution in [0.5, 0.6) is 11.5 Å². The van der Waals surface area contributed by atoms with Crippen molar-refractivity contribution in [1.29, 1.82) is 0 Å². The average molecular weight is 558 g/mol. The first-order chi connectivity index (χ1) is 19.0. The van der Waals surface area contributed by atoms with Crippen LogP contribution in [-0.4, -0.2) is 35.2 Å². The Labute approximate surface area is 233 Å². The van der Waals surface area contributed by atoms with E-state index in [4.69, 9.17) is 21.1 Å². The van der Waals surface area contributed by atoms with Crippen molar-refractivity contribution in [3.63, 3.8) is 0 Å². The molecule has 0 saturated heterocycles. The number of halogens is 1. The Balaban J connectivity index is 1.16. The number of rotatable bonds is 8. The molecule has 0 radical (unpaired) electrons. The zero-order valence-electron chi connectivity index (χ0n) is 21.0. The van der Waals surface area contributed by atoms with E-state index in [0.717, 1.165) is 16.9 Å². The van der Waals surface area contributed by atoms with Gasteiger partial charge >= 0.3 is 0 Å². The van der Waals surface area contributed by atoms with Gasteiger partial charge in [0.2, 0.25) is 0 Å². The lowest BCUT2D eigenvalue weighted by molar-refractivity contribution is -0.123. The topological polar surface area (TPSA) is 82.5 Å². The Kier molecular flexibility index (Phi) is 6.81. The third-order valence-corrected chi connectivity index (χ3v) is 8.13. The van der Waals surface area contributed by atoms with Crippen LogP contribution in [0.2, 0.25) is 5.02 Å². The lowest BCUT2D eigenvalue weighted by Crippen LogP contribution is -2.31. The predicted octanol–water partition coefficient (Wildman–Crippen LogP) is 5.83. The second-order valence-electron chi connectivity index (χ2n) is 9.30. The number of amides is 1. The molecule has 0 bridgehead atoms. The molecule has 1 fully saturated rings. The summed E-state index contributed by atoms with van der Waals surface area (Å²) in [7, 11) is 1.52. The molecule has 2 unspecified atom stereocenters. The van der Waals surface area contributed by atoms with E-state index in [1.54, 1.807) is 18.2 Å². The number of benzene rings is 3. The number of aromatic nitrogens is 2. The van der Waals surface area contributed by atoms with Crippen molar-refractivity contribution in [3.05, 3.63) is 106 Å². The number of carbonyl (C=O) groups excluding carboxylic acids is 1. The van der Waals surface area contributed by atoms with E-state index in [1.807, 2.05) is 48.5 Å². The van der Waals surface area contributed by atoms with Gasteiger partial charge in [-0.15, -0.1) is 11.3 Å². The highest BCUT2D eigenvalue weighted by Gasteiger charge is 2.39. The molecule has 5 aromatic rings. The summed E-state index contributed by atoms with van der Waals surface area (Å²) in [5.41, 5.74) is 3.23. The van der Waals surface area contributed by atoms with Crippen LogP contribution in [-0.2, 0) is 4.79 Å². The monoisotopic (exact) mass is 557 g/mol. The van der Waals surface area contributed by atoms with Gasteiger partial charge in [0, 0.05) is 27.9 Å². The number of thiophene rings is 1. The van der Waals surface area contributed by atoms with Crippen molar-refractivity contribution in [2.45, 2.75) is 18.4 Å². The van der Waals surface area contributed by atoms with Gasteiger partial charge in [-0.25, -0.2) is 4.98 Å². The van der Waals surface area contributed by atoms with Crippen molar-refractivity contribution >= 4 is 39.1 Å². The zero-order chi connectivity index (χ0) is 26.9. The fraction of sp³-hybridized carbons (Fsp3) is 0.167. The molecule has 0 spiro atoms. The molecule has 1 saturated carbocycles. The number of methoxy groups -OCH3 is 1. The van der Waals surface area contributed by atoms with E-state index in [9.17, 15) is 9.59 Å². The van der Waals surface area contributed by atoms with Crippen LogP contribution in [0.1, 0.15) is 17.9 Å². The summed E-state index contributed by atoms with van der Waals surface area (Å²) < 4.78 is 13.3. The van der Waals surface area contributed by atoms with Crippen LogP contribution in [0, 0.1) is 0 Å². The van der Waals surface area contributed by atoms with Crippen LogP contribution < -0.4 is 20.3 Å². The molecule has 2 heterocycles. The molecular weight excluding hydrogens is 534 g/mol. The van der Waals surface area contributed by atoms with E-state index in [0.29, 0.717) is 38.3 Å². The van der Waals surface area contributed by atoms with E-state index in [1.165, 1.54) is 34.9 Å². The van der Waals surface area contributed by atoms with Gasteiger partial charge in [0.25, 0.3) is 11.5 Å². The van der Waals surface area contributed by atoms with Crippen LogP contribution in [0.4, 0.5) is 0 Å². The zero-order valence-corrected chi connectivity index (χ0v) is 22.5. The van der Waals surface area contributed by atoms with E-state index in [2.05, 4.69) is 22.4 Å². The first-order valence-corrected chi connectivity index (χ1v) is 13.6. The highest BCUT2D eigenvalue weighted by molar-refractivity contribution is 7.22. The first kappa shape index (κ1) is 25.2. The molecule has 1 aliphatic rings. The van der Waals surface area contributed by atoms with Crippen LogP contribution >= 0.6 is 22.9 Å². The SMILES string of the molecule is COc1cc(-n2cnc3cc(-c4ccc(Cl)cc4)sc3c2=O)ccc1OCC(=O)NC1CC1c1ccccc1. The Morgan fingerprint density at radius 1 is 1.08 bits per heavy atom. The summed E-state index contributed by atoms with van der Waals surface area (Å²) >= 11 is 7.40. The minimum absolute atomic E-state index is 0.125. The molecule has 1 aliphatic carbocycles. The molecule has 39 heavy (non-hydrogen) atoms. The Bertz CT molecular complexity index is 1720. The summed E-state index contributed by atoms with van der Waals surface area (Å²) in [6.07, 6.45) is 2.43. The fourth-order valence-corrected chi connectivity index (χ4v) is 5.77. The van der Waals surface area contributed by atoms with Crippen molar-refractivity contribution in [3.8, 4) is 27.6 Å². The van der Waals surface area contributed by atoms with Crippen molar-refractivity contribution in [2.24, 2.45) is 0 Å². The molecule has 1 N–H and O–H groups in total. The van der Waals surface area contributed by atoms with Crippen molar-refractivity contribution in [1.82, 2.24) is 14.9 Å². The molecule has 6 rings (SSSR count). The Morgan fingerprint density at radius 3 is 2.64 bits per heavy atom. The smallest absolute Gasteiger partial charge is 0.275 e. The van der Waals surface area contributed by atoms with Crippen LogP contribution in [0.3, 0.4) is 0 Å². The third-order valence-electron chi connectivity index (χ3n) is 6.72. The first-order valence-electron chi connectivity index (χ1n) is 12.4. The second kappa shape index (κ2) is 10.6. The number of nitrogens with zero attached hydrogens (tertiary/aromatic N) is 2. The van der Waals surface area contributed by atoms with Gasteiger partial charge in [-0.1, -0.05) is 54.1 Å².